The topological polar surface area (TPSA) is 54.6 Å². The van der Waals surface area contributed by atoms with Crippen molar-refractivity contribution >= 4 is 27.4 Å². The minimum Gasteiger partial charge on any atom is -0.475 e. The van der Waals surface area contributed by atoms with Gasteiger partial charge < -0.3 is 5.11 Å². The van der Waals surface area contributed by atoms with E-state index >= 15 is 0 Å². The number of imidazole rings is 1. The van der Waals surface area contributed by atoms with Crippen LogP contribution in [0.3, 0.4) is 0 Å². The number of aromatic nitrogens is 2. The molecule has 0 aliphatic rings. The summed E-state index contributed by atoms with van der Waals surface area (Å²) in [6.45, 7) is 0. The van der Waals surface area contributed by atoms with Crippen LogP contribution in [0.15, 0.2) is 29.0 Å². The van der Waals surface area contributed by atoms with Gasteiger partial charge in [-0.05, 0) is 28.1 Å². The normalized spacial score (nSPS) is 10.5. The maximum Gasteiger partial charge on any atom is 0.372 e. The first-order valence-corrected chi connectivity index (χ1v) is 4.35. The van der Waals surface area contributed by atoms with E-state index in [2.05, 4.69) is 20.9 Å². The van der Waals surface area contributed by atoms with E-state index in [4.69, 9.17) is 5.11 Å². The fourth-order valence-corrected chi connectivity index (χ4v) is 1.68. The molecule has 0 aliphatic heterocycles. The summed E-state index contributed by atoms with van der Waals surface area (Å²) in [5.41, 5.74) is 0.756. The second-order valence-electron chi connectivity index (χ2n) is 2.50. The quantitative estimate of drug-likeness (QED) is 0.774. The molecule has 0 unspecified atom stereocenters. The number of rotatable bonds is 1. The molecule has 2 rings (SSSR count). The molecule has 66 valence electrons. The summed E-state index contributed by atoms with van der Waals surface area (Å²) in [5, 5.41) is 8.79. The van der Waals surface area contributed by atoms with Crippen molar-refractivity contribution in [1.29, 1.82) is 0 Å². The molecule has 13 heavy (non-hydrogen) atoms. The van der Waals surface area contributed by atoms with Gasteiger partial charge in [-0.1, -0.05) is 6.07 Å². The minimum atomic E-state index is -1.04. The molecule has 0 radical (unpaired) electrons. The highest BCUT2D eigenvalue weighted by Gasteiger charge is 2.11. The third-order valence-corrected chi connectivity index (χ3v) is 2.31. The van der Waals surface area contributed by atoms with Crippen molar-refractivity contribution in [2.24, 2.45) is 0 Å². The van der Waals surface area contributed by atoms with E-state index in [9.17, 15) is 4.79 Å². The smallest absolute Gasteiger partial charge is 0.372 e. The van der Waals surface area contributed by atoms with Gasteiger partial charge in [-0.15, -0.1) is 0 Å². The van der Waals surface area contributed by atoms with Crippen LogP contribution in [0.5, 0.6) is 0 Å². The molecule has 0 aromatic carbocycles. The summed E-state index contributed by atoms with van der Waals surface area (Å²) in [6, 6.07) is 5.39. The molecule has 5 heteroatoms. The summed E-state index contributed by atoms with van der Waals surface area (Å²) in [7, 11) is 0. The van der Waals surface area contributed by atoms with Gasteiger partial charge >= 0.3 is 5.97 Å². The molecule has 2 heterocycles. The van der Waals surface area contributed by atoms with Crippen molar-refractivity contribution in [3.63, 3.8) is 0 Å². The number of carboxylic acid groups (broad SMARTS) is 1. The maximum atomic E-state index is 10.7. The number of hydrogen-bond acceptors (Lipinski definition) is 2. The Morgan fingerprint density at radius 1 is 1.54 bits per heavy atom. The standard InChI is InChI=1S/C8H5BrN2O2/c9-6-3-1-2-5-4-10-7(8(12)13)11(5)6/h1-4H,(H,12,13). The van der Waals surface area contributed by atoms with Crippen LogP contribution in [-0.4, -0.2) is 20.5 Å². The fraction of sp³-hybridized carbons (Fsp3) is 0. The lowest BCUT2D eigenvalue weighted by Gasteiger charge is -1.98. The molecule has 0 atom stereocenters. The van der Waals surface area contributed by atoms with Crippen LogP contribution in [0.1, 0.15) is 10.6 Å². The third-order valence-electron chi connectivity index (χ3n) is 1.69. The van der Waals surface area contributed by atoms with Crippen LogP contribution in [0, 0.1) is 0 Å². The van der Waals surface area contributed by atoms with Crippen LogP contribution in [0.25, 0.3) is 5.52 Å². The lowest BCUT2D eigenvalue weighted by Crippen LogP contribution is -2.04. The first-order valence-electron chi connectivity index (χ1n) is 3.55. The zero-order valence-corrected chi connectivity index (χ0v) is 8.02. The van der Waals surface area contributed by atoms with Crippen LogP contribution in [0.4, 0.5) is 0 Å². The van der Waals surface area contributed by atoms with Crippen molar-refractivity contribution in [1.82, 2.24) is 9.38 Å². The summed E-state index contributed by atoms with van der Waals surface area (Å²) < 4.78 is 2.21. The SMILES string of the molecule is O=C(O)c1ncc2cccc(Br)n12. The molecule has 0 saturated heterocycles. The number of halogens is 1. The minimum absolute atomic E-state index is 0.0162. The first kappa shape index (κ1) is 8.25. The van der Waals surface area contributed by atoms with Crippen molar-refractivity contribution in [3.8, 4) is 0 Å². The highest BCUT2D eigenvalue weighted by Crippen LogP contribution is 2.15. The molecule has 0 saturated carbocycles. The van der Waals surface area contributed by atoms with E-state index in [0.29, 0.717) is 4.60 Å². The van der Waals surface area contributed by atoms with Gasteiger partial charge in [-0.25, -0.2) is 9.78 Å². The first-order chi connectivity index (χ1) is 6.20. The van der Waals surface area contributed by atoms with Gasteiger partial charge in [-0.3, -0.25) is 4.40 Å². The molecule has 0 amide bonds. The molecule has 0 bridgehead atoms. The van der Waals surface area contributed by atoms with Crippen LogP contribution >= 0.6 is 15.9 Å². The molecule has 2 aromatic rings. The molecule has 0 aliphatic carbocycles. The molecule has 4 nitrogen and oxygen atoms in total. The van der Waals surface area contributed by atoms with E-state index in [1.807, 2.05) is 6.07 Å². The largest absolute Gasteiger partial charge is 0.475 e. The number of pyridine rings is 1. The summed E-state index contributed by atoms with van der Waals surface area (Å²) in [6.07, 6.45) is 1.52. The molecular weight excluding hydrogens is 236 g/mol. The van der Waals surface area contributed by atoms with Crippen LogP contribution in [0.2, 0.25) is 0 Å². The van der Waals surface area contributed by atoms with Gasteiger partial charge in [0.25, 0.3) is 0 Å². The summed E-state index contributed by atoms with van der Waals surface area (Å²) in [5.74, 6) is -1.02. The summed E-state index contributed by atoms with van der Waals surface area (Å²) in [4.78, 5) is 14.5. The predicted molar refractivity (Wildman–Crippen MR) is 49.9 cm³/mol. The average molecular weight is 241 g/mol. The van der Waals surface area contributed by atoms with E-state index in [1.54, 1.807) is 12.1 Å². The Labute approximate surface area is 82.0 Å². The third kappa shape index (κ3) is 1.21. The molecule has 2 aromatic heterocycles. The Kier molecular flexibility index (Phi) is 1.81. The molecule has 1 N–H and O–H groups in total. The van der Waals surface area contributed by atoms with Gasteiger partial charge in [0.05, 0.1) is 16.3 Å². The Balaban J connectivity index is 2.86. The Morgan fingerprint density at radius 2 is 2.31 bits per heavy atom. The number of hydrogen-bond donors (Lipinski definition) is 1. The Hall–Kier alpha value is -1.36. The van der Waals surface area contributed by atoms with E-state index in [1.165, 1.54) is 10.6 Å². The van der Waals surface area contributed by atoms with Crippen molar-refractivity contribution < 1.29 is 9.90 Å². The van der Waals surface area contributed by atoms with Crippen LogP contribution in [-0.2, 0) is 0 Å². The fourth-order valence-electron chi connectivity index (χ4n) is 1.16. The number of fused-ring (bicyclic) bond motifs is 1. The zero-order valence-electron chi connectivity index (χ0n) is 6.44. The number of aromatic carboxylic acids is 1. The van der Waals surface area contributed by atoms with Crippen LogP contribution < -0.4 is 0 Å². The van der Waals surface area contributed by atoms with Gasteiger partial charge in [-0.2, -0.15) is 0 Å². The highest BCUT2D eigenvalue weighted by molar-refractivity contribution is 9.10. The van der Waals surface area contributed by atoms with E-state index in [0.717, 1.165) is 5.52 Å². The highest BCUT2D eigenvalue weighted by atomic mass is 79.9. The number of nitrogens with zero attached hydrogens (tertiary/aromatic N) is 2. The average Bonchev–Trinajstić information content (AvgIpc) is 2.49. The van der Waals surface area contributed by atoms with E-state index in [-0.39, 0.29) is 5.82 Å². The monoisotopic (exact) mass is 240 g/mol. The maximum absolute atomic E-state index is 10.7. The van der Waals surface area contributed by atoms with Crippen molar-refractivity contribution in [3.05, 3.63) is 34.8 Å². The second-order valence-corrected chi connectivity index (χ2v) is 3.31. The second kappa shape index (κ2) is 2.85. The van der Waals surface area contributed by atoms with Crippen molar-refractivity contribution in [2.75, 3.05) is 0 Å². The Bertz CT molecular complexity index is 478. The zero-order chi connectivity index (χ0) is 9.42. The lowest BCUT2D eigenvalue weighted by atomic mass is 10.4. The van der Waals surface area contributed by atoms with E-state index < -0.39 is 5.97 Å². The van der Waals surface area contributed by atoms with Gasteiger partial charge in [0.1, 0.15) is 0 Å². The predicted octanol–water partition coefficient (Wildman–Crippen LogP) is 1.79. The van der Waals surface area contributed by atoms with Gasteiger partial charge in [0.2, 0.25) is 5.82 Å². The molecule has 0 fully saturated rings. The van der Waals surface area contributed by atoms with Gasteiger partial charge in [0.15, 0.2) is 0 Å². The number of carboxylic acids is 1. The van der Waals surface area contributed by atoms with Gasteiger partial charge in [0, 0.05) is 0 Å². The number of carbonyl (C=O) groups is 1. The molecule has 0 spiro atoms. The lowest BCUT2D eigenvalue weighted by molar-refractivity contribution is 0.0682. The summed E-state index contributed by atoms with van der Waals surface area (Å²) >= 11 is 3.25. The Morgan fingerprint density at radius 3 is 3.00 bits per heavy atom. The molecular formula is C8H5BrN2O2. The van der Waals surface area contributed by atoms with Crippen molar-refractivity contribution in [2.45, 2.75) is 0 Å².